The van der Waals surface area contributed by atoms with Crippen molar-refractivity contribution >= 4 is 27.1 Å². The molecule has 0 atom stereocenters. The van der Waals surface area contributed by atoms with Crippen LogP contribution in [0.3, 0.4) is 0 Å². The molecule has 1 aromatic heterocycles. The molecule has 3 aromatic rings. The Kier molecular flexibility index (Phi) is 7.25. The summed E-state index contributed by atoms with van der Waals surface area (Å²) in [5.74, 6) is -0.297. The van der Waals surface area contributed by atoms with Gasteiger partial charge in [-0.25, -0.2) is 13.1 Å². The van der Waals surface area contributed by atoms with Crippen molar-refractivity contribution in [2.24, 2.45) is 0 Å². The van der Waals surface area contributed by atoms with E-state index in [1.54, 1.807) is 6.07 Å². The van der Waals surface area contributed by atoms with E-state index in [1.165, 1.54) is 35.6 Å². The third-order valence-corrected chi connectivity index (χ3v) is 8.14. The Labute approximate surface area is 200 Å². The van der Waals surface area contributed by atoms with Crippen molar-refractivity contribution in [3.63, 3.8) is 0 Å². The molecule has 4 rings (SSSR count). The Hall–Kier alpha value is -2.49. The van der Waals surface area contributed by atoms with Crippen molar-refractivity contribution in [1.29, 1.82) is 0 Å². The average molecular weight is 508 g/mol. The molecule has 0 saturated heterocycles. The van der Waals surface area contributed by atoms with Crippen molar-refractivity contribution in [3.8, 4) is 11.1 Å². The second-order valence-corrected chi connectivity index (χ2v) is 11.0. The molecule has 0 spiro atoms. The van der Waals surface area contributed by atoms with E-state index < -0.39 is 21.8 Å². The van der Waals surface area contributed by atoms with Crippen LogP contribution in [-0.2, 0) is 33.8 Å². The normalized spacial score (nSPS) is 15.0. The fourth-order valence-corrected chi connectivity index (χ4v) is 6.29. The van der Waals surface area contributed by atoms with Crippen molar-refractivity contribution < 1.29 is 26.4 Å². The number of hydrogen-bond acceptors (Lipinski definition) is 4. The van der Waals surface area contributed by atoms with E-state index in [2.05, 4.69) is 4.72 Å². The molecule has 180 valence electrons. The number of hydrogen-bond donors (Lipinski definition) is 1. The fraction of sp³-hybridized carbons (Fsp3) is 0.320. The summed E-state index contributed by atoms with van der Waals surface area (Å²) in [4.78, 5) is 12.9. The molecule has 34 heavy (non-hydrogen) atoms. The molecule has 1 aliphatic carbocycles. The van der Waals surface area contributed by atoms with E-state index in [0.29, 0.717) is 5.56 Å². The van der Waals surface area contributed by atoms with Crippen LogP contribution in [0.4, 0.5) is 13.2 Å². The van der Waals surface area contributed by atoms with Gasteiger partial charge in [-0.1, -0.05) is 37.1 Å². The minimum Gasteiger partial charge on any atom is -0.299 e. The number of carbonyl (C=O) groups excluding carboxylic acids is 1. The van der Waals surface area contributed by atoms with Gasteiger partial charge in [-0.05, 0) is 70.1 Å². The number of carbonyl (C=O) groups is 1. The van der Waals surface area contributed by atoms with Gasteiger partial charge in [-0.3, -0.25) is 4.79 Å². The first-order valence-corrected chi connectivity index (χ1v) is 13.4. The highest BCUT2D eigenvalue weighted by molar-refractivity contribution is 7.89. The maximum Gasteiger partial charge on any atom is 0.416 e. The van der Waals surface area contributed by atoms with Crippen LogP contribution < -0.4 is 4.72 Å². The van der Waals surface area contributed by atoms with Crippen LogP contribution in [0.15, 0.2) is 64.2 Å². The standard InChI is InChI=1S/C25H24F3NO3S2/c26-25(27,28)20-5-3-4-17(12-20)13-22(30)14-19-15-23(8-9-24(19)18-10-11-33-16-18)34(31,32)29-21-6-1-2-7-21/h3-5,8-12,15-16,21,29H,1-2,6-7,13-14H2. The summed E-state index contributed by atoms with van der Waals surface area (Å²) in [5, 5.41) is 3.79. The highest BCUT2D eigenvalue weighted by atomic mass is 32.2. The number of Topliss-reactive ketones (excluding diaryl/α,β-unsaturated/α-hetero) is 1. The van der Waals surface area contributed by atoms with Gasteiger partial charge in [0.05, 0.1) is 10.5 Å². The summed E-state index contributed by atoms with van der Waals surface area (Å²) in [6.45, 7) is 0. The first-order chi connectivity index (χ1) is 16.1. The first-order valence-electron chi connectivity index (χ1n) is 11.0. The largest absolute Gasteiger partial charge is 0.416 e. The van der Waals surface area contributed by atoms with Crippen molar-refractivity contribution in [2.45, 2.75) is 55.6 Å². The lowest BCUT2D eigenvalue weighted by atomic mass is 9.95. The van der Waals surface area contributed by atoms with E-state index >= 15 is 0 Å². The third kappa shape index (κ3) is 5.95. The zero-order valence-corrected chi connectivity index (χ0v) is 19.9. The van der Waals surface area contributed by atoms with Gasteiger partial charge in [0.1, 0.15) is 5.78 Å². The van der Waals surface area contributed by atoms with E-state index in [-0.39, 0.29) is 35.1 Å². The summed E-state index contributed by atoms with van der Waals surface area (Å²) in [5.41, 5.74) is 1.59. The zero-order valence-electron chi connectivity index (χ0n) is 18.3. The van der Waals surface area contributed by atoms with Crippen molar-refractivity contribution in [2.75, 3.05) is 0 Å². The number of benzene rings is 2. The molecule has 0 bridgehead atoms. The highest BCUT2D eigenvalue weighted by Gasteiger charge is 2.30. The molecule has 9 heteroatoms. The van der Waals surface area contributed by atoms with E-state index in [9.17, 15) is 26.4 Å². The van der Waals surface area contributed by atoms with E-state index in [4.69, 9.17) is 0 Å². The summed E-state index contributed by atoms with van der Waals surface area (Å²) < 4.78 is 67.7. The quantitative estimate of drug-likeness (QED) is 0.406. The van der Waals surface area contributed by atoms with Crippen LogP contribution in [0, 0.1) is 0 Å². The van der Waals surface area contributed by atoms with Crippen LogP contribution in [0.25, 0.3) is 11.1 Å². The van der Waals surface area contributed by atoms with Gasteiger partial charge < -0.3 is 0 Å². The van der Waals surface area contributed by atoms with Gasteiger partial charge in [0.25, 0.3) is 0 Å². The van der Waals surface area contributed by atoms with E-state index in [1.807, 2.05) is 16.8 Å². The average Bonchev–Trinajstić information content (AvgIpc) is 3.47. The lowest BCUT2D eigenvalue weighted by Crippen LogP contribution is -2.32. The zero-order chi connectivity index (χ0) is 24.3. The Morgan fingerprint density at radius 3 is 2.47 bits per heavy atom. The smallest absolute Gasteiger partial charge is 0.299 e. The molecule has 0 amide bonds. The molecule has 1 N–H and O–H groups in total. The molecular formula is C25H24F3NO3S2. The number of rotatable bonds is 8. The minimum absolute atomic E-state index is 0.0836. The van der Waals surface area contributed by atoms with Gasteiger partial charge in [0.2, 0.25) is 10.0 Å². The summed E-state index contributed by atoms with van der Waals surface area (Å²) >= 11 is 1.48. The summed E-state index contributed by atoms with van der Waals surface area (Å²) in [7, 11) is -3.75. The Balaban J connectivity index is 1.60. The number of halogens is 3. The van der Waals surface area contributed by atoms with Crippen molar-refractivity contribution in [1.82, 2.24) is 4.72 Å². The number of alkyl halides is 3. The molecule has 4 nitrogen and oxygen atoms in total. The number of sulfonamides is 1. The predicted octanol–water partition coefficient (Wildman–Crippen LogP) is 6.01. The van der Waals surface area contributed by atoms with Crippen LogP contribution in [0.5, 0.6) is 0 Å². The lowest BCUT2D eigenvalue weighted by Gasteiger charge is -2.15. The van der Waals surface area contributed by atoms with Crippen LogP contribution in [0.2, 0.25) is 0 Å². The Bertz CT molecular complexity index is 1260. The fourth-order valence-electron chi connectivity index (χ4n) is 4.27. The van der Waals surface area contributed by atoms with Gasteiger partial charge >= 0.3 is 6.18 Å². The molecule has 1 fully saturated rings. The second-order valence-electron chi connectivity index (χ2n) is 8.52. The number of ketones is 1. The minimum atomic E-state index is -4.49. The Morgan fingerprint density at radius 2 is 1.79 bits per heavy atom. The summed E-state index contributed by atoms with van der Waals surface area (Å²) in [6.07, 6.45) is -1.18. The molecule has 1 heterocycles. The molecule has 1 aliphatic rings. The number of thiophene rings is 1. The maximum absolute atomic E-state index is 13.0. The van der Waals surface area contributed by atoms with Gasteiger partial charge in [-0.2, -0.15) is 24.5 Å². The Morgan fingerprint density at radius 1 is 1.03 bits per heavy atom. The predicted molar refractivity (Wildman–Crippen MR) is 126 cm³/mol. The molecule has 0 unspecified atom stereocenters. The summed E-state index contributed by atoms with van der Waals surface area (Å²) in [6, 6.07) is 11.2. The molecule has 0 radical (unpaired) electrons. The lowest BCUT2D eigenvalue weighted by molar-refractivity contribution is -0.137. The monoisotopic (exact) mass is 507 g/mol. The van der Waals surface area contributed by atoms with Crippen LogP contribution >= 0.6 is 11.3 Å². The molecule has 1 saturated carbocycles. The molecular weight excluding hydrogens is 483 g/mol. The van der Waals surface area contributed by atoms with Gasteiger partial charge in [-0.15, -0.1) is 0 Å². The van der Waals surface area contributed by atoms with E-state index in [0.717, 1.165) is 48.9 Å². The highest BCUT2D eigenvalue weighted by Crippen LogP contribution is 2.31. The van der Waals surface area contributed by atoms with Gasteiger partial charge in [0.15, 0.2) is 0 Å². The second kappa shape index (κ2) is 10.0. The van der Waals surface area contributed by atoms with Crippen LogP contribution in [0.1, 0.15) is 42.4 Å². The number of nitrogens with one attached hydrogen (secondary N) is 1. The maximum atomic E-state index is 13.0. The SMILES string of the molecule is O=C(Cc1cccc(C(F)(F)F)c1)Cc1cc(S(=O)(=O)NC2CCCC2)ccc1-c1ccsc1. The third-order valence-electron chi connectivity index (χ3n) is 5.94. The topological polar surface area (TPSA) is 63.2 Å². The van der Waals surface area contributed by atoms with Gasteiger partial charge in [0, 0.05) is 18.9 Å². The molecule has 0 aliphatic heterocycles. The van der Waals surface area contributed by atoms with Crippen LogP contribution in [-0.4, -0.2) is 20.2 Å². The first kappa shape index (κ1) is 24.6. The van der Waals surface area contributed by atoms with Crippen molar-refractivity contribution in [3.05, 3.63) is 76.0 Å². The molecule has 2 aromatic carbocycles.